The normalized spacial score (nSPS) is 13.9. The number of hydrogen-bond donors (Lipinski definition) is 2. The largest absolute Gasteiger partial charge is 0.324 e. The number of nitrogens with two attached hydrogens (primary N) is 1. The predicted molar refractivity (Wildman–Crippen MR) is 80.7 cm³/mol. The summed E-state index contributed by atoms with van der Waals surface area (Å²) in [5.74, 6) is 4.72. The molecule has 0 unspecified atom stereocenters. The lowest BCUT2D eigenvalue weighted by Gasteiger charge is -2.27. The van der Waals surface area contributed by atoms with Crippen LogP contribution in [0.2, 0.25) is 0 Å². The second-order valence-corrected chi connectivity index (χ2v) is 5.23. The summed E-state index contributed by atoms with van der Waals surface area (Å²) < 4.78 is 12.3. The maximum Gasteiger partial charge on any atom is 0.261 e. The van der Waals surface area contributed by atoms with E-state index in [-0.39, 0.29) is 24.4 Å². The number of nitrogens with one attached hydrogen (secondary N) is 1. The number of anilines is 1. The fourth-order valence-electron chi connectivity index (χ4n) is 2.60. The van der Waals surface area contributed by atoms with Gasteiger partial charge in [-0.1, -0.05) is 12.1 Å². The Labute approximate surface area is 124 Å². The fraction of sp³-hybridized carbons (Fsp3) is 0.143. The van der Waals surface area contributed by atoms with Gasteiger partial charge < -0.3 is 5.43 Å². The fourth-order valence-corrected chi connectivity index (χ4v) is 2.85. The standard InChI is InChI=1S/C14H12FN3O2S/c15-21-7-6-18-13(19)9-3-1-2-8-11(17-16)5-4-10(12(8)9)14(18)20/h1-5,17H,6-7,16H2. The Bertz CT molecular complexity index is 728. The average Bonchev–Trinajstić information content (AvgIpc) is 2.52. The smallest absolute Gasteiger partial charge is 0.261 e. The molecule has 0 atom stereocenters. The van der Waals surface area contributed by atoms with Gasteiger partial charge in [0.1, 0.15) is 0 Å². The van der Waals surface area contributed by atoms with E-state index in [1.807, 2.05) is 0 Å². The molecule has 1 heterocycles. The van der Waals surface area contributed by atoms with Gasteiger partial charge in [0, 0.05) is 46.3 Å². The first-order valence-corrected chi connectivity index (χ1v) is 7.19. The molecule has 0 saturated heterocycles. The maximum absolute atomic E-state index is 12.4. The van der Waals surface area contributed by atoms with Crippen LogP contribution in [-0.4, -0.2) is 29.0 Å². The number of carbonyl (C=O) groups excluding carboxylic acids is 2. The van der Waals surface area contributed by atoms with Gasteiger partial charge in [0.25, 0.3) is 11.8 Å². The first-order valence-electron chi connectivity index (χ1n) is 6.31. The Hall–Kier alpha value is -2.12. The van der Waals surface area contributed by atoms with Gasteiger partial charge in [-0.25, -0.2) is 0 Å². The lowest BCUT2D eigenvalue weighted by atomic mass is 9.93. The predicted octanol–water partition coefficient (Wildman–Crippen LogP) is 2.34. The van der Waals surface area contributed by atoms with E-state index in [0.29, 0.717) is 27.6 Å². The molecule has 2 aromatic carbocycles. The van der Waals surface area contributed by atoms with Gasteiger partial charge in [0.2, 0.25) is 0 Å². The van der Waals surface area contributed by atoms with Gasteiger partial charge >= 0.3 is 0 Å². The molecule has 2 amide bonds. The van der Waals surface area contributed by atoms with E-state index in [2.05, 4.69) is 5.43 Å². The number of nitrogen functional groups attached to an aromatic ring is 1. The average molecular weight is 305 g/mol. The minimum Gasteiger partial charge on any atom is -0.324 e. The highest BCUT2D eigenvalue weighted by Crippen LogP contribution is 2.34. The molecule has 2 aromatic rings. The molecule has 108 valence electrons. The highest BCUT2D eigenvalue weighted by Gasteiger charge is 2.32. The van der Waals surface area contributed by atoms with Crippen molar-refractivity contribution in [2.24, 2.45) is 5.84 Å². The number of rotatable bonds is 4. The number of nitrogens with zero attached hydrogens (tertiary/aromatic N) is 1. The third kappa shape index (κ3) is 2.05. The van der Waals surface area contributed by atoms with Crippen LogP contribution in [0.5, 0.6) is 0 Å². The zero-order chi connectivity index (χ0) is 15.0. The van der Waals surface area contributed by atoms with Crippen LogP contribution in [0.25, 0.3) is 10.8 Å². The summed E-state index contributed by atoms with van der Waals surface area (Å²) >= 11 is 0.107. The van der Waals surface area contributed by atoms with Gasteiger partial charge in [-0.15, -0.1) is 0 Å². The third-order valence-corrected chi connectivity index (χ3v) is 3.88. The van der Waals surface area contributed by atoms with Crippen molar-refractivity contribution in [3.05, 3.63) is 41.5 Å². The molecular weight excluding hydrogens is 293 g/mol. The van der Waals surface area contributed by atoms with E-state index in [0.717, 1.165) is 4.90 Å². The highest BCUT2D eigenvalue weighted by molar-refractivity contribution is 7.94. The molecule has 0 saturated carbocycles. The van der Waals surface area contributed by atoms with Crippen molar-refractivity contribution in [1.29, 1.82) is 0 Å². The van der Waals surface area contributed by atoms with E-state index in [1.54, 1.807) is 30.3 Å². The van der Waals surface area contributed by atoms with E-state index in [9.17, 15) is 13.5 Å². The van der Waals surface area contributed by atoms with E-state index in [4.69, 9.17) is 5.84 Å². The number of amides is 2. The maximum atomic E-state index is 12.4. The quantitative estimate of drug-likeness (QED) is 0.515. The molecule has 3 N–H and O–H groups in total. The number of benzene rings is 2. The summed E-state index contributed by atoms with van der Waals surface area (Å²) in [5, 5.41) is 1.31. The van der Waals surface area contributed by atoms with Crippen LogP contribution in [0.15, 0.2) is 30.3 Å². The first-order chi connectivity index (χ1) is 10.2. The Morgan fingerprint density at radius 3 is 2.52 bits per heavy atom. The molecule has 0 aromatic heterocycles. The minimum atomic E-state index is -0.402. The summed E-state index contributed by atoms with van der Waals surface area (Å²) in [4.78, 5) is 26.0. The molecule has 0 spiro atoms. The Balaban J connectivity index is 2.22. The molecule has 0 fully saturated rings. The van der Waals surface area contributed by atoms with Crippen molar-refractivity contribution in [2.45, 2.75) is 0 Å². The summed E-state index contributed by atoms with van der Waals surface area (Å²) in [7, 11) is 0. The topological polar surface area (TPSA) is 75.4 Å². The van der Waals surface area contributed by atoms with Crippen LogP contribution in [0.1, 0.15) is 20.7 Å². The van der Waals surface area contributed by atoms with Crippen molar-refractivity contribution in [3.63, 3.8) is 0 Å². The van der Waals surface area contributed by atoms with Crippen molar-refractivity contribution >= 4 is 40.4 Å². The van der Waals surface area contributed by atoms with Crippen LogP contribution in [0, 0.1) is 0 Å². The lowest BCUT2D eigenvalue weighted by Crippen LogP contribution is -2.41. The van der Waals surface area contributed by atoms with Crippen molar-refractivity contribution in [1.82, 2.24) is 4.90 Å². The summed E-state index contributed by atoms with van der Waals surface area (Å²) in [6.45, 7) is 0.0472. The molecule has 7 heteroatoms. The zero-order valence-electron chi connectivity index (χ0n) is 10.9. The van der Waals surface area contributed by atoms with E-state index in [1.165, 1.54) is 0 Å². The van der Waals surface area contributed by atoms with E-state index < -0.39 is 11.8 Å². The second kappa shape index (κ2) is 5.34. The van der Waals surface area contributed by atoms with Gasteiger partial charge in [0.15, 0.2) is 0 Å². The number of halogens is 1. The van der Waals surface area contributed by atoms with E-state index >= 15 is 0 Å². The summed E-state index contributed by atoms with van der Waals surface area (Å²) in [6, 6.07) is 8.52. The molecule has 0 radical (unpaired) electrons. The highest BCUT2D eigenvalue weighted by atomic mass is 32.2. The van der Waals surface area contributed by atoms with Gasteiger partial charge in [-0.3, -0.25) is 20.3 Å². The second-order valence-electron chi connectivity index (χ2n) is 4.61. The molecule has 3 rings (SSSR count). The molecule has 1 aliphatic rings. The number of imide groups is 1. The molecule has 0 aliphatic carbocycles. The van der Waals surface area contributed by atoms with Crippen LogP contribution in [-0.2, 0) is 0 Å². The molecule has 21 heavy (non-hydrogen) atoms. The SMILES string of the molecule is NNc1ccc2c3c(cccc13)C(=O)N(CCSF)C2=O. The third-order valence-electron chi connectivity index (χ3n) is 3.54. The van der Waals surface area contributed by atoms with Crippen LogP contribution < -0.4 is 11.3 Å². The van der Waals surface area contributed by atoms with Crippen LogP contribution in [0.4, 0.5) is 9.57 Å². The molecule has 5 nitrogen and oxygen atoms in total. The molecule has 1 aliphatic heterocycles. The zero-order valence-corrected chi connectivity index (χ0v) is 11.7. The van der Waals surface area contributed by atoms with Crippen molar-refractivity contribution in [3.8, 4) is 0 Å². The summed E-state index contributed by atoms with van der Waals surface area (Å²) in [5.41, 5.74) is 4.07. The summed E-state index contributed by atoms with van der Waals surface area (Å²) in [6.07, 6.45) is 0. The molecule has 0 bridgehead atoms. The molecular formula is C14H12FN3O2S. The van der Waals surface area contributed by atoms with Gasteiger partial charge in [-0.2, -0.15) is 3.89 Å². The minimum absolute atomic E-state index is 0.0472. The van der Waals surface area contributed by atoms with Gasteiger partial charge in [0.05, 0.1) is 5.69 Å². The van der Waals surface area contributed by atoms with Crippen molar-refractivity contribution in [2.75, 3.05) is 17.7 Å². The Morgan fingerprint density at radius 1 is 1.14 bits per heavy atom. The number of hydrazine groups is 1. The van der Waals surface area contributed by atoms with Gasteiger partial charge in [-0.05, 0) is 18.2 Å². The number of hydrogen-bond acceptors (Lipinski definition) is 5. The number of carbonyl (C=O) groups is 2. The first kappa shape index (κ1) is 13.8. The van der Waals surface area contributed by atoms with Crippen molar-refractivity contribution < 1.29 is 13.5 Å². The lowest BCUT2D eigenvalue weighted by molar-refractivity contribution is 0.0621. The Morgan fingerprint density at radius 2 is 1.86 bits per heavy atom. The van der Waals surface area contributed by atoms with Crippen LogP contribution in [0.3, 0.4) is 0 Å². The van der Waals surface area contributed by atoms with Crippen LogP contribution >= 0.6 is 12.1 Å². The Kier molecular flexibility index (Phi) is 3.52. The monoisotopic (exact) mass is 305 g/mol.